The first-order valence-electron chi connectivity index (χ1n) is 7.23. The van der Waals surface area contributed by atoms with Crippen LogP contribution >= 0.6 is 0 Å². The third-order valence-corrected chi connectivity index (χ3v) is 3.22. The fourth-order valence-electron chi connectivity index (χ4n) is 1.97. The Morgan fingerprint density at radius 1 is 1.38 bits per heavy atom. The molecule has 0 saturated heterocycles. The van der Waals surface area contributed by atoms with E-state index in [1.807, 2.05) is 0 Å². The van der Waals surface area contributed by atoms with E-state index in [2.05, 4.69) is 15.2 Å². The fourth-order valence-corrected chi connectivity index (χ4v) is 1.97. The molecule has 6 nitrogen and oxygen atoms in total. The predicted molar refractivity (Wildman–Crippen MR) is 80.7 cm³/mol. The van der Waals surface area contributed by atoms with Crippen molar-refractivity contribution in [2.75, 3.05) is 13.7 Å². The molecule has 1 heterocycles. The van der Waals surface area contributed by atoms with E-state index in [1.54, 1.807) is 20.8 Å². The number of hydrogen-bond acceptors (Lipinski definition) is 4. The number of esters is 1. The molecule has 1 aromatic heterocycles. The lowest BCUT2D eigenvalue weighted by Gasteiger charge is -2.18. The number of halogens is 3. The Morgan fingerprint density at radius 2 is 2.00 bits per heavy atom. The Labute approximate surface area is 137 Å². The molecule has 0 spiro atoms. The van der Waals surface area contributed by atoms with Gasteiger partial charge in [0.2, 0.25) is 5.91 Å². The lowest BCUT2D eigenvalue weighted by molar-refractivity contribution is -0.145. The Hall–Kier alpha value is -2.32. The second-order valence-electron chi connectivity index (χ2n) is 5.56. The van der Waals surface area contributed by atoms with Crippen LogP contribution in [0.15, 0.2) is 12.3 Å². The molecule has 0 aliphatic carbocycles. The van der Waals surface area contributed by atoms with Gasteiger partial charge in [-0.1, -0.05) is 6.08 Å². The molecule has 0 aliphatic heterocycles. The van der Waals surface area contributed by atoms with Crippen LogP contribution in [-0.2, 0) is 26.9 Å². The quantitative estimate of drug-likeness (QED) is 0.801. The first kappa shape index (κ1) is 19.7. The van der Waals surface area contributed by atoms with Crippen LogP contribution < -0.4 is 5.32 Å². The molecule has 1 aromatic rings. The van der Waals surface area contributed by atoms with Gasteiger partial charge in [-0.15, -0.1) is 0 Å². The van der Waals surface area contributed by atoms with Crippen LogP contribution in [0.3, 0.4) is 0 Å². The number of rotatable bonds is 6. The standard InChI is InChI=1S/C15H20F3N3O3/c1-5-24-11(22)8-10-9-20-21(12(10)15(16,17)18)7-6-14(2,3)13(23)19-4/h6-7,9H,5,8H2,1-4H3,(H,19,23)/b7-6+. The molecule has 1 amide bonds. The minimum absolute atomic E-state index is 0.0779. The summed E-state index contributed by atoms with van der Waals surface area (Å²) in [7, 11) is 1.43. The van der Waals surface area contributed by atoms with Crippen LogP contribution in [0.1, 0.15) is 32.0 Å². The third kappa shape index (κ3) is 4.84. The number of hydrogen-bond donors (Lipinski definition) is 1. The molecule has 134 valence electrons. The molecule has 24 heavy (non-hydrogen) atoms. The average Bonchev–Trinajstić information content (AvgIpc) is 2.87. The van der Waals surface area contributed by atoms with Gasteiger partial charge in [-0.05, 0) is 20.8 Å². The van der Waals surface area contributed by atoms with Crippen LogP contribution in [-0.4, -0.2) is 35.3 Å². The number of amides is 1. The van der Waals surface area contributed by atoms with E-state index in [0.717, 1.165) is 12.4 Å². The summed E-state index contributed by atoms with van der Waals surface area (Å²) in [5, 5.41) is 6.08. The number of carbonyl (C=O) groups excluding carboxylic acids is 2. The highest BCUT2D eigenvalue weighted by Gasteiger charge is 2.38. The number of ether oxygens (including phenoxy) is 1. The second kappa shape index (κ2) is 7.50. The second-order valence-corrected chi connectivity index (χ2v) is 5.56. The topological polar surface area (TPSA) is 73.2 Å². The summed E-state index contributed by atoms with van der Waals surface area (Å²) in [6, 6.07) is 0. The van der Waals surface area contributed by atoms with Gasteiger partial charge in [0.25, 0.3) is 0 Å². The molecular weight excluding hydrogens is 327 g/mol. The zero-order chi connectivity index (χ0) is 18.5. The maximum absolute atomic E-state index is 13.3. The van der Waals surface area contributed by atoms with Crippen molar-refractivity contribution in [2.24, 2.45) is 5.41 Å². The summed E-state index contributed by atoms with van der Waals surface area (Å²) in [6.45, 7) is 4.75. The summed E-state index contributed by atoms with van der Waals surface area (Å²) in [6.07, 6.45) is -1.90. The Morgan fingerprint density at radius 3 is 2.50 bits per heavy atom. The summed E-state index contributed by atoms with van der Waals surface area (Å²) in [5.41, 5.74) is -2.38. The van der Waals surface area contributed by atoms with Crippen LogP contribution in [0.25, 0.3) is 6.20 Å². The van der Waals surface area contributed by atoms with Crippen molar-refractivity contribution in [1.82, 2.24) is 15.1 Å². The Balaban J connectivity index is 3.19. The maximum atomic E-state index is 13.3. The molecular formula is C15H20F3N3O3. The van der Waals surface area contributed by atoms with Crippen LogP contribution in [0.2, 0.25) is 0 Å². The van der Waals surface area contributed by atoms with E-state index < -0.39 is 29.7 Å². The lowest BCUT2D eigenvalue weighted by Crippen LogP contribution is -2.32. The van der Waals surface area contributed by atoms with Crippen molar-refractivity contribution in [3.05, 3.63) is 23.5 Å². The Bertz CT molecular complexity index is 634. The largest absolute Gasteiger partial charge is 0.466 e. The number of carbonyl (C=O) groups is 2. The van der Waals surface area contributed by atoms with Crippen molar-refractivity contribution >= 4 is 18.1 Å². The third-order valence-electron chi connectivity index (χ3n) is 3.22. The van der Waals surface area contributed by atoms with Crippen molar-refractivity contribution in [3.8, 4) is 0 Å². The van der Waals surface area contributed by atoms with Gasteiger partial charge in [-0.25, -0.2) is 4.68 Å². The number of alkyl halides is 3. The van der Waals surface area contributed by atoms with E-state index in [4.69, 9.17) is 0 Å². The Kier molecular flexibility index (Phi) is 6.16. The SMILES string of the molecule is CCOC(=O)Cc1cnn(/C=C/C(C)(C)C(=O)NC)c1C(F)(F)F. The first-order valence-corrected chi connectivity index (χ1v) is 7.23. The zero-order valence-corrected chi connectivity index (χ0v) is 13.9. The summed E-state index contributed by atoms with van der Waals surface area (Å²) < 4.78 is 45.2. The molecule has 0 aromatic carbocycles. The van der Waals surface area contributed by atoms with Gasteiger partial charge < -0.3 is 10.1 Å². The molecule has 9 heteroatoms. The highest BCUT2D eigenvalue weighted by molar-refractivity contribution is 5.84. The fraction of sp³-hybridized carbons (Fsp3) is 0.533. The molecule has 0 bridgehead atoms. The molecule has 0 aliphatic rings. The van der Waals surface area contributed by atoms with E-state index in [-0.39, 0.29) is 18.1 Å². The van der Waals surface area contributed by atoms with Crippen LogP contribution in [0, 0.1) is 5.41 Å². The number of nitrogens with one attached hydrogen (secondary N) is 1. The summed E-state index contributed by atoms with van der Waals surface area (Å²) in [5.74, 6) is -1.12. The average molecular weight is 347 g/mol. The van der Waals surface area contributed by atoms with Gasteiger partial charge in [-0.3, -0.25) is 9.59 Å². The molecule has 1 rings (SSSR count). The maximum Gasteiger partial charge on any atom is 0.433 e. The van der Waals surface area contributed by atoms with Gasteiger partial charge in [0.1, 0.15) is 0 Å². The minimum atomic E-state index is -4.71. The zero-order valence-electron chi connectivity index (χ0n) is 13.9. The molecule has 1 N–H and O–H groups in total. The number of aromatic nitrogens is 2. The summed E-state index contributed by atoms with van der Waals surface area (Å²) in [4.78, 5) is 23.1. The molecule has 0 saturated carbocycles. The van der Waals surface area contributed by atoms with Gasteiger partial charge in [0, 0.05) is 18.8 Å². The van der Waals surface area contributed by atoms with Gasteiger partial charge in [-0.2, -0.15) is 18.3 Å². The number of nitrogens with zero attached hydrogens (tertiary/aromatic N) is 2. The lowest BCUT2D eigenvalue weighted by atomic mass is 9.92. The van der Waals surface area contributed by atoms with Crippen molar-refractivity contribution in [2.45, 2.75) is 33.4 Å². The highest BCUT2D eigenvalue weighted by Crippen LogP contribution is 2.33. The highest BCUT2D eigenvalue weighted by atomic mass is 19.4. The normalized spacial score (nSPS) is 12.5. The van der Waals surface area contributed by atoms with E-state index in [0.29, 0.717) is 4.68 Å². The van der Waals surface area contributed by atoms with Crippen molar-refractivity contribution in [1.29, 1.82) is 0 Å². The van der Waals surface area contributed by atoms with Crippen LogP contribution in [0.5, 0.6) is 0 Å². The monoisotopic (exact) mass is 347 g/mol. The molecule has 0 radical (unpaired) electrons. The molecule has 0 atom stereocenters. The molecule has 0 unspecified atom stereocenters. The first-order chi connectivity index (χ1) is 11.0. The predicted octanol–water partition coefficient (Wildman–Crippen LogP) is 2.25. The minimum Gasteiger partial charge on any atom is -0.466 e. The van der Waals surface area contributed by atoms with E-state index in [1.165, 1.54) is 13.1 Å². The smallest absolute Gasteiger partial charge is 0.433 e. The molecule has 0 fully saturated rings. The van der Waals surface area contributed by atoms with E-state index >= 15 is 0 Å². The van der Waals surface area contributed by atoms with E-state index in [9.17, 15) is 22.8 Å². The summed E-state index contributed by atoms with van der Waals surface area (Å²) >= 11 is 0. The van der Waals surface area contributed by atoms with Crippen LogP contribution in [0.4, 0.5) is 13.2 Å². The van der Waals surface area contributed by atoms with Gasteiger partial charge in [0.05, 0.1) is 24.6 Å². The van der Waals surface area contributed by atoms with Crippen molar-refractivity contribution in [3.63, 3.8) is 0 Å². The van der Waals surface area contributed by atoms with Crippen molar-refractivity contribution < 1.29 is 27.5 Å². The van der Waals surface area contributed by atoms with Gasteiger partial charge in [0.15, 0.2) is 5.69 Å². The van der Waals surface area contributed by atoms with Gasteiger partial charge >= 0.3 is 12.1 Å².